The molecule has 110 valence electrons. The molecule has 0 aliphatic heterocycles. The van der Waals surface area contributed by atoms with E-state index in [1.54, 1.807) is 12.5 Å². The van der Waals surface area contributed by atoms with Crippen LogP contribution in [0.25, 0.3) is 16.8 Å². The zero-order chi connectivity index (χ0) is 15.5. The average molecular weight is 290 g/mol. The van der Waals surface area contributed by atoms with Crippen molar-refractivity contribution in [2.45, 2.75) is 20.8 Å². The number of hydrogen-bond acceptors (Lipinski definition) is 3. The van der Waals surface area contributed by atoms with Crippen molar-refractivity contribution in [1.82, 2.24) is 20.2 Å². The first-order valence-electron chi connectivity index (χ1n) is 7.25. The predicted molar refractivity (Wildman–Crippen MR) is 88.3 cm³/mol. The number of nitrogens with zero attached hydrogens (tertiary/aromatic N) is 3. The van der Waals surface area contributed by atoms with E-state index in [0.29, 0.717) is 0 Å². The van der Waals surface area contributed by atoms with Crippen molar-refractivity contribution < 1.29 is 0 Å². The first kappa shape index (κ1) is 14.2. The van der Waals surface area contributed by atoms with E-state index >= 15 is 0 Å². The normalized spacial score (nSPS) is 11.7. The highest BCUT2D eigenvalue weighted by Crippen LogP contribution is 2.33. The first-order valence-corrected chi connectivity index (χ1v) is 7.25. The molecular weight excluding hydrogens is 272 g/mol. The van der Waals surface area contributed by atoms with E-state index in [-0.39, 0.29) is 0 Å². The van der Waals surface area contributed by atoms with Gasteiger partial charge in [0.25, 0.3) is 0 Å². The van der Waals surface area contributed by atoms with Gasteiger partial charge < -0.3 is 0 Å². The van der Waals surface area contributed by atoms with Gasteiger partial charge in [0.15, 0.2) is 0 Å². The molecule has 22 heavy (non-hydrogen) atoms. The Morgan fingerprint density at radius 2 is 1.95 bits per heavy atom. The summed E-state index contributed by atoms with van der Waals surface area (Å²) in [6, 6.07) is 8.37. The van der Waals surface area contributed by atoms with Crippen molar-refractivity contribution >= 4 is 5.57 Å². The van der Waals surface area contributed by atoms with Crippen LogP contribution in [-0.2, 0) is 0 Å². The molecule has 0 fully saturated rings. The fourth-order valence-corrected chi connectivity index (χ4v) is 2.70. The Kier molecular flexibility index (Phi) is 3.83. The molecule has 1 aromatic carbocycles. The smallest absolute Gasteiger partial charge is 0.116 e. The summed E-state index contributed by atoms with van der Waals surface area (Å²) in [5.41, 5.74) is 7.46. The molecule has 4 nitrogen and oxygen atoms in total. The number of aryl methyl sites for hydroxylation is 2. The molecule has 2 heterocycles. The van der Waals surface area contributed by atoms with Crippen LogP contribution in [0.5, 0.6) is 0 Å². The Bertz CT molecular complexity index is 817. The van der Waals surface area contributed by atoms with Crippen LogP contribution in [0.4, 0.5) is 0 Å². The van der Waals surface area contributed by atoms with Gasteiger partial charge in [0.1, 0.15) is 6.33 Å². The lowest BCUT2D eigenvalue weighted by atomic mass is 9.91. The third-order valence-corrected chi connectivity index (χ3v) is 3.80. The minimum atomic E-state index is 0.901. The zero-order valence-electron chi connectivity index (χ0n) is 13.0. The minimum Gasteiger partial charge on any atom is -0.285 e. The van der Waals surface area contributed by atoms with Crippen molar-refractivity contribution in [2.75, 3.05) is 0 Å². The van der Waals surface area contributed by atoms with E-state index in [9.17, 15) is 0 Å². The van der Waals surface area contributed by atoms with Crippen molar-refractivity contribution in [2.24, 2.45) is 0 Å². The molecule has 0 amide bonds. The van der Waals surface area contributed by atoms with Crippen LogP contribution >= 0.6 is 0 Å². The van der Waals surface area contributed by atoms with Crippen LogP contribution in [0, 0.1) is 13.8 Å². The summed E-state index contributed by atoms with van der Waals surface area (Å²) in [6.45, 7) is 6.19. The number of benzene rings is 1. The topological polar surface area (TPSA) is 54.5 Å². The van der Waals surface area contributed by atoms with Crippen molar-refractivity contribution in [1.29, 1.82) is 0 Å². The summed E-state index contributed by atoms with van der Waals surface area (Å²) in [5.74, 6) is 0. The second-order valence-corrected chi connectivity index (χ2v) is 5.19. The number of aromatic nitrogens is 4. The van der Waals surface area contributed by atoms with E-state index in [0.717, 1.165) is 28.1 Å². The standard InChI is InChI=1S/C18H18N4/c1-4-15(16-8-6-5-7-12(16)2)17-13(3)19-11-20-18(17)14-9-21-22-10-14/h4-11H,1-3H3,(H,21,22)/b15-4-. The Balaban J connectivity index is 2.25. The molecular formula is C18H18N4. The maximum atomic E-state index is 4.49. The predicted octanol–water partition coefficient (Wildman–Crippen LogP) is 3.94. The summed E-state index contributed by atoms with van der Waals surface area (Å²) in [6.07, 6.45) is 7.37. The molecule has 0 saturated carbocycles. The number of rotatable bonds is 3. The molecule has 3 aromatic rings. The summed E-state index contributed by atoms with van der Waals surface area (Å²) in [5, 5.41) is 6.89. The van der Waals surface area contributed by atoms with Gasteiger partial charge in [-0.25, -0.2) is 9.97 Å². The third-order valence-electron chi connectivity index (χ3n) is 3.80. The molecule has 0 aliphatic rings. The molecule has 0 spiro atoms. The number of nitrogens with one attached hydrogen (secondary N) is 1. The molecule has 0 bridgehead atoms. The van der Waals surface area contributed by atoms with Gasteiger partial charge in [0.05, 0.1) is 11.9 Å². The van der Waals surface area contributed by atoms with Gasteiger partial charge in [-0.2, -0.15) is 5.10 Å². The number of H-pyrrole nitrogens is 1. The molecule has 0 radical (unpaired) electrons. The average Bonchev–Trinajstić information content (AvgIpc) is 3.05. The van der Waals surface area contributed by atoms with Crippen LogP contribution in [0.3, 0.4) is 0 Å². The molecule has 0 atom stereocenters. The summed E-state index contributed by atoms with van der Waals surface area (Å²) < 4.78 is 0. The fourth-order valence-electron chi connectivity index (χ4n) is 2.70. The van der Waals surface area contributed by atoms with E-state index in [1.807, 2.05) is 20.0 Å². The number of hydrogen-bond donors (Lipinski definition) is 1. The van der Waals surface area contributed by atoms with Crippen LogP contribution in [0.2, 0.25) is 0 Å². The monoisotopic (exact) mass is 290 g/mol. The highest BCUT2D eigenvalue weighted by atomic mass is 15.1. The summed E-state index contributed by atoms with van der Waals surface area (Å²) >= 11 is 0. The Morgan fingerprint density at radius 1 is 1.14 bits per heavy atom. The van der Waals surface area contributed by atoms with Crippen LogP contribution < -0.4 is 0 Å². The van der Waals surface area contributed by atoms with E-state index in [1.165, 1.54) is 11.1 Å². The SMILES string of the molecule is C/C=C(/c1ccccc1C)c1c(C)ncnc1-c1cn[nH]c1. The second kappa shape index (κ2) is 5.93. The Morgan fingerprint density at radius 3 is 2.64 bits per heavy atom. The fraction of sp³-hybridized carbons (Fsp3) is 0.167. The van der Waals surface area contributed by atoms with Crippen LogP contribution in [0.1, 0.15) is 29.3 Å². The first-order chi connectivity index (χ1) is 10.7. The van der Waals surface area contributed by atoms with Gasteiger partial charge in [0, 0.05) is 23.0 Å². The van der Waals surface area contributed by atoms with Crippen LogP contribution in [0.15, 0.2) is 49.1 Å². The molecule has 2 aromatic heterocycles. The van der Waals surface area contributed by atoms with E-state index < -0.39 is 0 Å². The van der Waals surface area contributed by atoms with E-state index in [4.69, 9.17) is 0 Å². The zero-order valence-corrected chi connectivity index (χ0v) is 13.0. The number of allylic oxidation sites excluding steroid dienone is 1. The molecule has 1 N–H and O–H groups in total. The quantitative estimate of drug-likeness (QED) is 0.795. The Hall–Kier alpha value is -2.75. The molecule has 0 saturated heterocycles. The highest BCUT2D eigenvalue weighted by molar-refractivity contribution is 5.88. The lowest BCUT2D eigenvalue weighted by Crippen LogP contribution is -2.01. The second-order valence-electron chi connectivity index (χ2n) is 5.19. The highest BCUT2D eigenvalue weighted by Gasteiger charge is 2.17. The third kappa shape index (κ3) is 2.44. The number of aromatic amines is 1. The molecule has 4 heteroatoms. The van der Waals surface area contributed by atoms with E-state index in [2.05, 4.69) is 57.4 Å². The minimum absolute atomic E-state index is 0.901. The maximum Gasteiger partial charge on any atom is 0.116 e. The molecule has 3 rings (SSSR count). The largest absolute Gasteiger partial charge is 0.285 e. The van der Waals surface area contributed by atoms with Gasteiger partial charge in [-0.15, -0.1) is 0 Å². The summed E-state index contributed by atoms with van der Waals surface area (Å²) in [4.78, 5) is 8.89. The lowest BCUT2D eigenvalue weighted by Gasteiger charge is -2.15. The van der Waals surface area contributed by atoms with Crippen LogP contribution in [-0.4, -0.2) is 20.2 Å². The molecule has 0 unspecified atom stereocenters. The Labute approximate surface area is 130 Å². The maximum absolute atomic E-state index is 4.49. The van der Waals surface area contributed by atoms with Crippen molar-refractivity contribution in [3.8, 4) is 11.3 Å². The summed E-state index contributed by atoms with van der Waals surface area (Å²) in [7, 11) is 0. The van der Waals surface area contributed by atoms with Gasteiger partial charge in [0.2, 0.25) is 0 Å². The van der Waals surface area contributed by atoms with Gasteiger partial charge in [-0.05, 0) is 37.5 Å². The molecule has 0 aliphatic carbocycles. The van der Waals surface area contributed by atoms with Crippen molar-refractivity contribution in [3.05, 3.63) is 71.4 Å². The van der Waals surface area contributed by atoms with Crippen molar-refractivity contribution in [3.63, 3.8) is 0 Å². The lowest BCUT2D eigenvalue weighted by molar-refractivity contribution is 1.09. The van der Waals surface area contributed by atoms with Gasteiger partial charge in [-0.3, -0.25) is 5.10 Å². The van der Waals surface area contributed by atoms with Gasteiger partial charge >= 0.3 is 0 Å². The van der Waals surface area contributed by atoms with Gasteiger partial charge in [-0.1, -0.05) is 30.3 Å².